The number of nitrogens with one attached hydrogen (secondary N) is 1. The summed E-state index contributed by atoms with van der Waals surface area (Å²) in [4.78, 5) is 39.9. The normalized spacial score (nSPS) is 15.6. The van der Waals surface area contributed by atoms with Crippen LogP contribution in [-0.4, -0.2) is 34.0 Å². The SMILES string of the molecule is C[C@@H](OC(=O)c1ccc(-n2cccc2)cc1)C(=O)N1c2ccccc2NC(=O)C1(C)C. The van der Waals surface area contributed by atoms with Gasteiger partial charge in [0.2, 0.25) is 5.91 Å². The first kappa shape index (κ1) is 20.4. The zero-order chi connectivity index (χ0) is 22.2. The van der Waals surface area contributed by atoms with Crippen molar-refractivity contribution < 1.29 is 19.1 Å². The van der Waals surface area contributed by atoms with Crippen molar-refractivity contribution in [2.24, 2.45) is 0 Å². The van der Waals surface area contributed by atoms with Gasteiger partial charge in [-0.2, -0.15) is 0 Å². The molecular weight excluding hydrogens is 394 g/mol. The maximum Gasteiger partial charge on any atom is 0.338 e. The number of para-hydroxylation sites is 2. The first-order chi connectivity index (χ1) is 14.8. The lowest BCUT2D eigenvalue weighted by molar-refractivity contribution is -0.131. The molecule has 0 fully saturated rings. The van der Waals surface area contributed by atoms with Crippen LogP contribution in [0.3, 0.4) is 0 Å². The molecule has 158 valence electrons. The fourth-order valence-corrected chi connectivity index (χ4v) is 3.58. The van der Waals surface area contributed by atoms with E-state index in [0.717, 1.165) is 5.69 Å². The number of hydrogen-bond donors (Lipinski definition) is 1. The highest BCUT2D eigenvalue weighted by Gasteiger charge is 2.45. The molecule has 0 saturated heterocycles. The number of amides is 2. The number of hydrogen-bond acceptors (Lipinski definition) is 4. The molecular formula is C24H23N3O4. The summed E-state index contributed by atoms with van der Waals surface area (Å²) in [5, 5.41) is 2.81. The van der Waals surface area contributed by atoms with Gasteiger partial charge in [-0.1, -0.05) is 12.1 Å². The topological polar surface area (TPSA) is 80.6 Å². The molecule has 0 saturated carbocycles. The van der Waals surface area contributed by atoms with Crippen molar-refractivity contribution in [1.82, 2.24) is 4.57 Å². The lowest BCUT2D eigenvalue weighted by Gasteiger charge is -2.42. The Bertz CT molecular complexity index is 1130. The van der Waals surface area contributed by atoms with Crippen molar-refractivity contribution in [1.29, 1.82) is 0 Å². The second-order valence-electron chi connectivity index (χ2n) is 7.89. The number of esters is 1. The largest absolute Gasteiger partial charge is 0.449 e. The molecule has 2 aromatic carbocycles. The van der Waals surface area contributed by atoms with Crippen molar-refractivity contribution in [3.63, 3.8) is 0 Å². The molecule has 7 nitrogen and oxygen atoms in total. The first-order valence-corrected chi connectivity index (χ1v) is 9.98. The standard InChI is InChI=1S/C24H23N3O4/c1-16(31-22(29)17-10-12-18(13-11-17)26-14-6-7-15-26)21(28)27-20-9-5-4-8-19(20)25-23(30)24(27,2)3/h4-16H,1-3H3,(H,25,30)/t16-/m1/s1. The molecule has 0 radical (unpaired) electrons. The zero-order valence-electron chi connectivity index (χ0n) is 17.5. The van der Waals surface area contributed by atoms with Crippen LogP contribution in [-0.2, 0) is 14.3 Å². The van der Waals surface area contributed by atoms with Gasteiger partial charge < -0.3 is 14.6 Å². The number of anilines is 2. The van der Waals surface area contributed by atoms with Crippen LogP contribution in [0, 0.1) is 0 Å². The lowest BCUT2D eigenvalue weighted by Crippen LogP contribution is -2.60. The number of carbonyl (C=O) groups is 3. The molecule has 4 rings (SSSR count). The minimum Gasteiger partial charge on any atom is -0.449 e. The van der Waals surface area contributed by atoms with Gasteiger partial charge in [-0.05, 0) is 69.3 Å². The molecule has 1 aliphatic rings. The number of carbonyl (C=O) groups excluding carboxylic acids is 3. The van der Waals surface area contributed by atoms with Crippen LogP contribution in [0.1, 0.15) is 31.1 Å². The molecule has 1 atom stereocenters. The minimum absolute atomic E-state index is 0.307. The highest BCUT2D eigenvalue weighted by atomic mass is 16.5. The van der Waals surface area contributed by atoms with E-state index in [1.54, 1.807) is 62.4 Å². The minimum atomic E-state index is -1.13. The number of benzene rings is 2. The second-order valence-corrected chi connectivity index (χ2v) is 7.89. The van der Waals surface area contributed by atoms with E-state index >= 15 is 0 Å². The zero-order valence-corrected chi connectivity index (χ0v) is 17.5. The highest BCUT2D eigenvalue weighted by molar-refractivity contribution is 6.15. The number of fused-ring (bicyclic) bond motifs is 1. The molecule has 1 aliphatic heterocycles. The Morgan fingerprint density at radius 2 is 1.61 bits per heavy atom. The average Bonchev–Trinajstić information content (AvgIpc) is 3.29. The van der Waals surface area contributed by atoms with Crippen LogP contribution in [0.5, 0.6) is 0 Å². The summed E-state index contributed by atoms with van der Waals surface area (Å²) in [6, 6.07) is 17.8. The Kier molecular flexibility index (Phi) is 5.10. The quantitative estimate of drug-likeness (QED) is 0.655. The van der Waals surface area contributed by atoms with Crippen LogP contribution >= 0.6 is 0 Å². The summed E-state index contributed by atoms with van der Waals surface area (Å²) in [5.41, 5.74) is 1.22. The highest BCUT2D eigenvalue weighted by Crippen LogP contribution is 2.37. The molecule has 3 aromatic rings. The van der Waals surface area contributed by atoms with E-state index in [1.165, 1.54) is 11.8 Å². The molecule has 1 aromatic heterocycles. The van der Waals surface area contributed by atoms with E-state index in [-0.39, 0.29) is 5.91 Å². The number of aromatic nitrogens is 1. The molecule has 1 N–H and O–H groups in total. The summed E-state index contributed by atoms with van der Waals surface area (Å²) < 4.78 is 7.38. The van der Waals surface area contributed by atoms with E-state index in [4.69, 9.17) is 4.74 Å². The van der Waals surface area contributed by atoms with Crippen molar-refractivity contribution in [2.75, 3.05) is 10.2 Å². The number of rotatable bonds is 4. The fourth-order valence-electron chi connectivity index (χ4n) is 3.58. The monoisotopic (exact) mass is 417 g/mol. The molecule has 2 heterocycles. The van der Waals surface area contributed by atoms with Gasteiger partial charge in [0.1, 0.15) is 5.54 Å². The Morgan fingerprint density at radius 1 is 0.968 bits per heavy atom. The van der Waals surface area contributed by atoms with Crippen LogP contribution in [0.2, 0.25) is 0 Å². The number of nitrogens with zero attached hydrogens (tertiary/aromatic N) is 2. The summed E-state index contributed by atoms with van der Waals surface area (Å²) in [6.07, 6.45) is 2.74. The molecule has 0 bridgehead atoms. The predicted octanol–water partition coefficient (Wildman–Crippen LogP) is 3.79. The summed E-state index contributed by atoms with van der Waals surface area (Å²) >= 11 is 0. The summed E-state index contributed by atoms with van der Waals surface area (Å²) in [6.45, 7) is 4.83. The van der Waals surface area contributed by atoms with Crippen molar-refractivity contribution >= 4 is 29.2 Å². The maximum absolute atomic E-state index is 13.3. The van der Waals surface area contributed by atoms with Crippen molar-refractivity contribution in [3.05, 3.63) is 78.6 Å². The van der Waals surface area contributed by atoms with Gasteiger partial charge in [-0.25, -0.2) is 4.79 Å². The van der Waals surface area contributed by atoms with Gasteiger partial charge in [0.05, 0.1) is 16.9 Å². The first-order valence-electron chi connectivity index (χ1n) is 9.98. The Hall–Kier alpha value is -3.87. The third-order valence-electron chi connectivity index (χ3n) is 5.37. The molecule has 31 heavy (non-hydrogen) atoms. The number of ether oxygens (including phenoxy) is 1. The van der Waals surface area contributed by atoms with Gasteiger partial charge in [-0.3, -0.25) is 14.5 Å². The van der Waals surface area contributed by atoms with E-state index in [0.29, 0.717) is 16.9 Å². The van der Waals surface area contributed by atoms with Gasteiger partial charge in [0.25, 0.3) is 5.91 Å². The van der Waals surface area contributed by atoms with Crippen LogP contribution in [0.25, 0.3) is 5.69 Å². The Morgan fingerprint density at radius 3 is 2.29 bits per heavy atom. The summed E-state index contributed by atoms with van der Waals surface area (Å²) in [7, 11) is 0. The second kappa shape index (κ2) is 7.75. The molecule has 7 heteroatoms. The van der Waals surface area contributed by atoms with Crippen LogP contribution in [0.4, 0.5) is 11.4 Å². The summed E-state index contributed by atoms with van der Waals surface area (Å²) in [5.74, 6) is -1.38. The molecule has 0 unspecified atom stereocenters. The predicted molar refractivity (Wildman–Crippen MR) is 117 cm³/mol. The molecule has 2 amide bonds. The fraction of sp³-hybridized carbons (Fsp3) is 0.208. The van der Waals surface area contributed by atoms with Crippen molar-refractivity contribution in [3.8, 4) is 5.69 Å². The smallest absolute Gasteiger partial charge is 0.338 e. The third-order valence-corrected chi connectivity index (χ3v) is 5.37. The average molecular weight is 417 g/mol. The van der Waals surface area contributed by atoms with E-state index in [2.05, 4.69) is 5.32 Å². The maximum atomic E-state index is 13.3. The Labute approximate surface area is 180 Å². The third kappa shape index (κ3) is 3.70. The van der Waals surface area contributed by atoms with E-state index in [1.807, 2.05) is 29.1 Å². The van der Waals surface area contributed by atoms with E-state index < -0.39 is 23.5 Å². The van der Waals surface area contributed by atoms with Crippen LogP contribution in [0.15, 0.2) is 73.1 Å². The van der Waals surface area contributed by atoms with Crippen LogP contribution < -0.4 is 10.2 Å². The van der Waals surface area contributed by atoms with Gasteiger partial charge in [-0.15, -0.1) is 0 Å². The lowest BCUT2D eigenvalue weighted by atomic mass is 9.95. The molecule has 0 aliphatic carbocycles. The van der Waals surface area contributed by atoms with Gasteiger partial charge >= 0.3 is 5.97 Å². The Balaban J connectivity index is 1.53. The van der Waals surface area contributed by atoms with Gasteiger partial charge in [0, 0.05) is 18.1 Å². The van der Waals surface area contributed by atoms with Gasteiger partial charge in [0.15, 0.2) is 6.10 Å². The van der Waals surface area contributed by atoms with E-state index in [9.17, 15) is 14.4 Å². The molecule has 0 spiro atoms. The van der Waals surface area contributed by atoms with Crippen molar-refractivity contribution in [2.45, 2.75) is 32.4 Å².